The van der Waals surface area contributed by atoms with Crippen molar-refractivity contribution in [3.05, 3.63) is 40.2 Å². The van der Waals surface area contributed by atoms with Gasteiger partial charge in [0, 0.05) is 12.1 Å². The largest absolute Gasteiger partial charge is 0.314 e. The summed E-state index contributed by atoms with van der Waals surface area (Å²) in [5, 5.41) is 10.5. The molecule has 0 atom stereocenters. The lowest BCUT2D eigenvalue weighted by Crippen LogP contribution is -2.07. The fourth-order valence-electron chi connectivity index (χ4n) is 2.46. The van der Waals surface area contributed by atoms with E-state index in [0.29, 0.717) is 0 Å². The molecule has 0 bridgehead atoms. The molecule has 0 amide bonds. The molecule has 96 valence electrons. The molecule has 3 nitrogen and oxygen atoms in total. The zero-order valence-electron chi connectivity index (χ0n) is 11.8. The van der Waals surface area contributed by atoms with E-state index in [9.17, 15) is 0 Å². The third-order valence-electron chi connectivity index (χ3n) is 3.71. The predicted molar refractivity (Wildman–Crippen MR) is 75.7 cm³/mol. The van der Waals surface area contributed by atoms with Crippen LogP contribution in [0.3, 0.4) is 0 Å². The van der Waals surface area contributed by atoms with Crippen LogP contribution in [0.15, 0.2) is 12.3 Å². The average Bonchev–Trinajstić information content (AvgIpc) is 2.76. The van der Waals surface area contributed by atoms with Crippen LogP contribution in [-0.4, -0.2) is 17.2 Å². The van der Waals surface area contributed by atoms with Gasteiger partial charge in [-0.05, 0) is 62.6 Å². The summed E-state index contributed by atoms with van der Waals surface area (Å²) in [6, 6.07) is 2.26. The Hall–Kier alpha value is -1.61. The molecule has 0 unspecified atom stereocenters. The molecule has 1 heterocycles. The fourth-order valence-corrected chi connectivity index (χ4v) is 2.46. The average molecular weight is 243 g/mol. The van der Waals surface area contributed by atoms with Crippen molar-refractivity contribution in [2.24, 2.45) is 0 Å². The molecule has 0 aliphatic carbocycles. The summed E-state index contributed by atoms with van der Waals surface area (Å²) in [5.74, 6) is 0. The molecule has 3 heteroatoms. The maximum Gasteiger partial charge on any atom is 0.0569 e. The number of nitrogens with zero attached hydrogens (tertiary/aromatic N) is 1. The number of aryl methyl sites for hydroxylation is 2. The maximum atomic E-state index is 4.19. The Labute approximate surface area is 109 Å². The van der Waals surface area contributed by atoms with Gasteiger partial charge in [0.2, 0.25) is 0 Å². The van der Waals surface area contributed by atoms with Crippen molar-refractivity contribution in [2.45, 2.75) is 34.2 Å². The van der Waals surface area contributed by atoms with Crippen molar-refractivity contribution in [1.29, 1.82) is 0 Å². The van der Waals surface area contributed by atoms with Gasteiger partial charge in [-0.2, -0.15) is 5.10 Å². The van der Waals surface area contributed by atoms with Gasteiger partial charge in [-0.25, -0.2) is 0 Å². The second kappa shape index (κ2) is 4.94. The third-order valence-corrected chi connectivity index (χ3v) is 3.71. The summed E-state index contributed by atoms with van der Waals surface area (Å²) in [6.45, 7) is 9.52. The van der Waals surface area contributed by atoms with Gasteiger partial charge in [-0.3, -0.25) is 5.10 Å². The summed E-state index contributed by atoms with van der Waals surface area (Å²) in [5.41, 5.74) is 9.05. The van der Waals surface area contributed by atoms with Crippen molar-refractivity contribution in [3.63, 3.8) is 0 Å². The Morgan fingerprint density at radius 1 is 1.11 bits per heavy atom. The van der Waals surface area contributed by atoms with Crippen molar-refractivity contribution in [3.8, 4) is 11.1 Å². The van der Waals surface area contributed by atoms with E-state index in [1.807, 2.05) is 13.2 Å². The van der Waals surface area contributed by atoms with Crippen LogP contribution in [0, 0.1) is 27.7 Å². The van der Waals surface area contributed by atoms with Crippen LogP contribution >= 0.6 is 0 Å². The number of aromatic nitrogens is 2. The zero-order chi connectivity index (χ0) is 13.3. The van der Waals surface area contributed by atoms with Crippen LogP contribution in [0.1, 0.15) is 27.9 Å². The predicted octanol–water partition coefficient (Wildman–Crippen LogP) is 3.03. The highest BCUT2D eigenvalue weighted by molar-refractivity contribution is 5.74. The van der Waals surface area contributed by atoms with Crippen LogP contribution in [-0.2, 0) is 6.54 Å². The highest BCUT2D eigenvalue weighted by Crippen LogP contribution is 2.32. The Bertz CT molecular complexity index is 541. The Morgan fingerprint density at radius 3 is 2.28 bits per heavy atom. The molecule has 18 heavy (non-hydrogen) atoms. The van der Waals surface area contributed by atoms with Crippen LogP contribution in [0.5, 0.6) is 0 Å². The van der Waals surface area contributed by atoms with Gasteiger partial charge >= 0.3 is 0 Å². The first-order valence-electron chi connectivity index (χ1n) is 6.30. The number of H-pyrrole nitrogens is 1. The highest BCUT2D eigenvalue weighted by atomic mass is 15.1. The van der Waals surface area contributed by atoms with E-state index >= 15 is 0 Å². The molecule has 0 aliphatic heterocycles. The summed E-state index contributed by atoms with van der Waals surface area (Å²) in [4.78, 5) is 0. The molecule has 1 aromatic heterocycles. The molecular formula is C15H21N3. The lowest BCUT2D eigenvalue weighted by Gasteiger charge is -2.15. The van der Waals surface area contributed by atoms with Gasteiger partial charge in [0.1, 0.15) is 0 Å². The topological polar surface area (TPSA) is 40.7 Å². The van der Waals surface area contributed by atoms with Crippen molar-refractivity contribution in [1.82, 2.24) is 15.5 Å². The normalized spacial score (nSPS) is 10.9. The molecule has 0 saturated carbocycles. The Kier molecular flexibility index (Phi) is 3.53. The number of hydrogen-bond acceptors (Lipinski definition) is 2. The monoisotopic (exact) mass is 243 g/mol. The van der Waals surface area contributed by atoms with Gasteiger partial charge < -0.3 is 5.32 Å². The maximum absolute atomic E-state index is 4.19. The first-order chi connectivity index (χ1) is 8.56. The lowest BCUT2D eigenvalue weighted by atomic mass is 9.90. The number of rotatable bonds is 3. The van der Waals surface area contributed by atoms with E-state index in [4.69, 9.17) is 0 Å². The van der Waals surface area contributed by atoms with E-state index in [-0.39, 0.29) is 0 Å². The molecule has 0 aliphatic rings. The summed E-state index contributed by atoms with van der Waals surface area (Å²) in [7, 11) is 1.95. The quantitative estimate of drug-likeness (QED) is 0.870. The van der Waals surface area contributed by atoms with E-state index in [2.05, 4.69) is 49.3 Å². The summed E-state index contributed by atoms with van der Waals surface area (Å²) < 4.78 is 0. The van der Waals surface area contributed by atoms with E-state index in [1.54, 1.807) is 0 Å². The molecule has 2 rings (SSSR count). The molecular weight excluding hydrogens is 222 g/mol. The number of hydrogen-bond donors (Lipinski definition) is 2. The third kappa shape index (κ3) is 2.06. The molecule has 0 saturated heterocycles. The van der Waals surface area contributed by atoms with Crippen LogP contribution in [0.2, 0.25) is 0 Å². The molecule has 0 spiro atoms. The van der Waals surface area contributed by atoms with Crippen LogP contribution in [0.4, 0.5) is 0 Å². The second-order valence-electron chi connectivity index (χ2n) is 4.93. The molecule has 0 fully saturated rings. The minimum atomic E-state index is 0.807. The molecule has 1 aromatic carbocycles. The van der Waals surface area contributed by atoms with Gasteiger partial charge in [-0.1, -0.05) is 6.07 Å². The fraction of sp³-hybridized carbons (Fsp3) is 0.400. The van der Waals surface area contributed by atoms with Crippen molar-refractivity contribution < 1.29 is 0 Å². The van der Waals surface area contributed by atoms with Gasteiger partial charge in [0.25, 0.3) is 0 Å². The highest BCUT2D eigenvalue weighted by Gasteiger charge is 2.14. The minimum Gasteiger partial charge on any atom is -0.314 e. The van der Waals surface area contributed by atoms with Gasteiger partial charge in [-0.15, -0.1) is 0 Å². The molecule has 2 N–H and O–H groups in total. The number of benzene rings is 1. The minimum absolute atomic E-state index is 0.807. The number of nitrogens with one attached hydrogen (secondary N) is 2. The first-order valence-corrected chi connectivity index (χ1v) is 6.30. The number of aromatic amines is 1. The van der Waals surface area contributed by atoms with Crippen molar-refractivity contribution in [2.75, 3.05) is 7.05 Å². The first kappa shape index (κ1) is 12.8. The SMILES string of the molecule is CNCc1[nH]ncc1-c1c(C)c(C)cc(C)c1C. The van der Waals surface area contributed by atoms with Crippen molar-refractivity contribution >= 4 is 0 Å². The van der Waals surface area contributed by atoms with E-state index < -0.39 is 0 Å². The van der Waals surface area contributed by atoms with Crippen LogP contribution < -0.4 is 5.32 Å². The molecule has 2 aromatic rings. The smallest absolute Gasteiger partial charge is 0.0569 e. The lowest BCUT2D eigenvalue weighted by molar-refractivity contribution is 0.785. The summed E-state index contributed by atoms with van der Waals surface area (Å²) >= 11 is 0. The zero-order valence-corrected chi connectivity index (χ0v) is 11.8. The van der Waals surface area contributed by atoms with E-state index in [1.165, 1.54) is 33.4 Å². The van der Waals surface area contributed by atoms with Gasteiger partial charge in [0.05, 0.1) is 11.9 Å². The Morgan fingerprint density at radius 2 is 1.72 bits per heavy atom. The standard InChI is InChI=1S/C15H21N3/c1-9-6-10(2)12(4)15(11(9)3)13-7-17-18-14(13)8-16-5/h6-7,16H,8H2,1-5H3,(H,17,18). The van der Waals surface area contributed by atoms with Crippen LogP contribution in [0.25, 0.3) is 11.1 Å². The molecule has 0 radical (unpaired) electrons. The Balaban J connectivity index is 2.66. The summed E-state index contributed by atoms with van der Waals surface area (Å²) in [6.07, 6.45) is 1.93. The van der Waals surface area contributed by atoms with Gasteiger partial charge in [0.15, 0.2) is 0 Å². The second-order valence-corrected chi connectivity index (χ2v) is 4.93. The van der Waals surface area contributed by atoms with E-state index in [0.717, 1.165) is 12.2 Å².